The van der Waals surface area contributed by atoms with Crippen LogP contribution in [0.25, 0.3) is 11.1 Å². The number of carbonyl (C=O) groups excluding carboxylic acids is 1. The van der Waals surface area contributed by atoms with Crippen molar-refractivity contribution < 1.29 is 19.4 Å². The molecular formula is C26H29NO4. The number of nitrogens with zero attached hydrogens (tertiary/aromatic N) is 1. The first-order valence-electron chi connectivity index (χ1n) is 11.3. The molecule has 1 amide bonds. The second-order valence-corrected chi connectivity index (χ2v) is 9.46. The van der Waals surface area contributed by atoms with Gasteiger partial charge in [0.2, 0.25) is 0 Å². The molecule has 2 aromatic carbocycles. The first-order chi connectivity index (χ1) is 14.9. The summed E-state index contributed by atoms with van der Waals surface area (Å²) in [6, 6.07) is 14.1. The van der Waals surface area contributed by atoms with E-state index in [9.17, 15) is 14.7 Å². The number of carboxylic acids is 1. The van der Waals surface area contributed by atoms with Gasteiger partial charge in [-0.15, -0.1) is 0 Å². The van der Waals surface area contributed by atoms with E-state index in [0.29, 0.717) is 23.5 Å². The SMILES string of the molecule is Cc1cc(C(=O)O)cc(-c2ccc([C@@H]3CC34CCN(C(=O)[C@H]3CCCO3)CC4)cc2)c1. The summed E-state index contributed by atoms with van der Waals surface area (Å²) in [7, 11) is 0. The zero-order valence-electron chi connectivity index (χ0n) is 18.0. The summed E-state index contributed by atoms with van der Waals surface area (Å²) < 4.78 is 5.58. The van der Waals surface area contributed by atoms with Crippen LogP contribution >= 0.6 is 0 Å². The fourth-order valence-corrected chi connectivity index (χ4v) is 5.50. The molecule has 0 aromatic heterocycles. The average Bonchev–Trinajstić information content (AvgIpc) is 3.20. The van der Waals surface area contributed by atoms with Crippen molar-refractivity contribution in [3.05, 3.63) is 59.2 Å². The molecule has 1 saturated carbocycles. The number of hydrogen-bond acceptors (Lipinski definition) is 3. The zero-order chi connectivity index (χ0) is 21.6. The van der Waals surface area contributed by atoms with Crippen LogP contribution in [0.5, 0.6) is 0 Å². The molecule has 162 valence electrons. The summed E-state index contributed by atoms with van der Waals surface area (Å²) in [6.45, 7) is 4.32. The monoisotopic (exact) mass is 419 g/mol. The second-order valence-electron chi connectivity index (χ2n) is 9.46. The van der Waals surface area contributed by atoms with E-state index in [0.717, 1.165) is 55.5 Å². The van der Waals surface area contributed by atoms with Crippen LogP contribution in [0.1, 0.15) is 59.5 Å². The van der Waals surface area contributed by atoms with Gasteiger partial charge in [-0.1, -0.05) is 30.3 Å². The Bertz CT molecular complexity index is 999. The van der Waals surface area contributed by atoms with Crippen molar-refractivity contribution >= 4 is 11.9 Å². The Kier molecular flexibility index (Phi) is 5.09. The lowest BCUT2D eigenvalue weighted by atomic mass is 9.88. The summed E-state index contributed by atoms with van der Waals surface area (Å²) in [4.78, 5) is 26.0. The highest BCUT2D eigenvalue weighted by Crippen LogP contribution is 2.65. The number of amides is 1. The van der Waals surface area contributed by atoms with Gasteiger partial charge in [0, 0.05) is 19.7 Å². The van der Waals surface area contributed by atoms with Crippen molar-refractivity contribution in [1.82, 2.24) is 4.90 Å². The summed E-state index contributed by atoms with van der Waals surface area (Å²) in [5.74, 6) is -0.146. The molecule has 5 rings (SSSR count). The molecule has 2 saturated heterocycles. The average molecular weight is 420 g/mol. The van der Waals surface area contributed by atoms with E-state index in [2.05, 4.69) is 24.3 Å². The molecule has 2 aliphatic heterocycles. The number of benzene rings is 2. The topological polar surface area (TPSA) is 66.8 Å². The van der Waals surface area contributed by atoms with Crippen LogP contribution in [0.4, 0.5) is 0 Å². The number of ether oxygens (including phenoxy) is 1. The molecule has 5 nitrogen and oxygen atoms in total. The normalized spacial score (nSPS) is 24.4. The Morgan fingerprint density at radius 2 is 1.81 bits per heavy atom. The molecule has 3 fully saturated rings. The van der Waals surface area contributed by atoms with Gasteiger partial charge in [0.05, 0.1) is 5.56 Å². The maximum absolute atomic E-state index is 12.6. The summed E-state index contributed by atoms with van der Waals surface area (Å²) in [5.41, 5.74) is 4.95. The van der Waals surface area contributed by atoms with Gasteiger partial charge in [0.15, 0.2) is 0 Å². The van der Waals surface area contributed by atoms with E-state index in [1.165, 1.54) is 12.0 Å². The zero-order valence-corrected chi connectivity index (χ0v) is 18.0. The molecule has 1 N–H and O–H groups in total. The predicted octanol–water partition coefficient (Wildman–Crippen LogP) is 4.64. The molecule has 0 unspecified atom stereocenters. The molecule has 0 bridgehead atoms. The molecule has 2 heterocycles. The Morgan fingerprint density at radius 1 is 1.06 bits per heavy atom. The van der Waals surface area contributed by atoms with E-state index in [4.69, 9.17) is 4.74 Å². The molecule has 2 atom stereocenters. The minimum absolute atomic E-state index is 0.188. The Labute approximate surface area is 183 Å². The number of rotatable bonds is 4. The van der Waals surface area contributed by atoms with Gasteiger partial charge in [0.25, 0.3) is 5.91 Å². The maximum atomic E-state index is 12.6. The van der Waals surface area contributed by atoms with Crippen LogP contribution in [0.3, 0.4) is 0 Å². The highest BCUT2D eigenvalue weighted by atomic mass is 16.5. The summed E-state index contributed by atoms with van der Waals surface area (Å²) >= 11 is 0. The van der Waals surface area contributed by atoms with E-state index in [1.807, 2.05) is 17.9 Å². The minimum Gasteiger partial charge on any atom is -0.478 e. The van der Waals surface area contributed by atoms with Crippen LogP contribution in [0.2, 0.25) is 0 Å². The number of aromatic carboxylic acids is 1. The lowest BCUT2D eigenvalue weighted by molar-refractivity contribution is -0.142. The highest BCUT2D eigenvalue weighted by molar-refractivity contribution is 5.89. The van der Waals surface area contributed by atoms with Gasteiger partial charge in [-0.25, -0.2) is 4.79 Å². The molecule has 0 radical (unpaired) electrons. The van der Waals surface area contributed by atoms with Crippen molar-refractivity contribution in [2.75, 3.05) is 19.7 Å². The fourth-order valence-electron chi connectivity index (χ4n) is 5.50. The fraction of sp³-hybridized carbons (Fsp3) is 0.462. The molecule has 1 spiro atoms. The predicted molar refractivity (Wildman–Crippen MR) is 118 cm³/mol. The smallest absolute Gasteiger partial charge is 0.335 e. The lowest BCUT2D eigenvalue weighted by Crippen LogP contribution is -2.44. The van der Waals surface area contributed by atoms with Crippen LogP contribution in [-0.2, 0) is 9.53 Å². The molecule has 3 aliphatic rings. The number of carbonyl (C=O) groups is 2. The Morgan fingerprint density at radius 3 is 2.45 bits per heavy atom. The number of aryl methyl sites for hydroxylation is 1. The van der Waals surface area contributed by atoms with E-state index in [-0.39, 0.29) is 12.0 Å². The van der Waals surface area contributed by atoms with Crippen LogP contribution < -0.4 is 0 Å². The number of likely N-dealkylation sites (tertiary alicyclic amines) is 1. The summed E-state index contributed by atoms with van der Waals surface area (Å²) in [5, 5.41) is 9.33. The number of hydrogen-bond donors (Lipinski definition) is 1. The molecular weight excluding hydrogens is 390 g/mol. The summed E-state index contributed by atoms with van der Waals surface area (Å²) in [6.07, 6.45) is 4.98. The van der Waals surface area contributed by atoms with Gasteiger partial charge < -0.3 is 14.7 Å². The Hall–Kier alpha value is -2.66. The number of piperidine rings is 1. The van der Waals surface area contributed by atoms with Crippen LogP contribution in [0.15, 0.2) is 42.5 Å². The molecule has 1 aliphatic carbocycles. The largest absolute Gasteiger partial charge is 0.478 e. The number of carboxylic acid groups (broad SMARTS) is 1. The van der Waals surface area contributed by atoms with Crippen molar-refractivity contribution in [3.63, 3.8) is 0 Å². The first kappa shape index (κ1) is 20.3. The van der Waals surface area contributed by atoms with Crippen molar-refractivity contribution in [2.24, 2.45) is 5.41 Å². The Balaban J connectivity index is 1.24. The molecule has 2 aromatic rings. The van der Waals surface area contributed by atoms with Crippen molar-refractivity contribution in [1.29, 1.82) is 0 Å². The standard InChI is InChI=1S/C26H29NO4/c1-17-13-20(15-21(14-17)25(29)30)18-4-6-19(7-5-18)22-16-26(22)8-10-27(11-9-26)24(28)23-3-2-12-31-23/h4-7,13-15,22-23H,2-3,8-12,16H2,1H3,(H,29,30)/t22-,23+/m0/s1. The van der Waals surface area contributed by atoms with E-state index in [1.54, 1.807) is 12.1 Å². The van der Waals surface area contributed by atoms with Gasteiger partial charge in [0.1, 0.15) is 6.10 Å². The van der Waals surface area contributed by atoms with Crippen molar-refractivity contribution in [2.45, 2.75) is 51.0 Å². The van der Waals surface area contributed by atoms with Crippen molar-refractivity contribution in [3.8, 4) is 11.1 Å². The first-order valence-corrected chi connectivity index (χ1v) is 11.3. The third kappa shape index (κ3) is 3.87. The van der Waals surface area contributed by atoms with Gasteiger partial charge in [-0.05, 0) is 84.7 Å². The van der Waals surface area contributed by atoms with Gasteiger partial charge >= 0.3 is 5.97 Å². The van der Waals surface area contributed by atoms with E-state index < -0.39 is 5.97 Å². The molecule has 31 heavy (non-hydrogen) atoms. The van der Waals surface area contributed by atoms with Crippen LogP contribution in [0, 0.1) is 12.3 Å². The second kappa shape index (κ2) is 7.79. The van der Waals surface area contributed by atoms with Gasteiger partial charge in [-0.3, -0.25) is 4.79 Å². The lowest BCUT2D eigenvalue weighted by Gasteiger charge is -2.34. The highest BCUT2D eigenvalue weighted by Gasteiger charge is 2.55. The van der Waals surface area contributed by atoms with Gasteiger partial charge in [-0.2, -0.15) is 0 Å². The minimum atomic E-state index is -0.897. The quantitative estimate of drug-likeness (QED) is 0.784. The van der Waals surface area contributed by atoms with Crippen LogP contribution in [-0.4, -0.2) is 47.7 Å². The molecule has 5 heteroatoms. The maximum Gasteiger partial charge on any atom is 0.335 e. The third-order valence-corrected chi connectivity index (χ3v) is 7.44. The third-order valence-electron chi connectivity index (χ3n) is 7.44. The van der Waals surface area contributed by atoms with E-state index >= 15 is 0 Å².